The molecule has 21 heavy (non-hydrogen) atoms. The monoisotopic (exact) mass is 296 g/mol. The van der Waals surface area contributed by atoms with E-state index in [9.17, 15) is 23.1 Å². The summed E-state index contributed by atoms with van der Waals surface area (Å²) in [7, 11) is 0. The van der Waals surface area contributed by atoms with E-state index in [0.29, 0.717) is 0 Å². The molecule has 7 heteroatoms. The van der Waals surface area contributed by atoms with E-state index in [-0.39, 0.29) is 11.1 Å². The summed E-state index contributed by atoms with van der Waals surface area (Å²) in [6.45, 7) is -0.596. The van der Waals surface area contributed by atoms with Gasteiger partial charge in [-0.1, -0.05) is 0 Å². The predicted octanol–water partition coefficient (Wildman–Crippen LogP) is 1.96. The van der Waals surface area contributed by atoms with Crippen molar-refractivity contribution in [2.45, 2.75) is 6.04 Å². The van der Waals surface area contributed by atoms with Crippen LogP contribution in [0.1, 0.15) is 22.0 Å². The van der Waals surface area contributed by atoms with Crippen molar-refractivity contribution in [2.24, 2.45) is 0 Å². The van der Waals surface area contributed by atoms with Crippen LogP contribution in [0.5, 0.6) is 0 Å². The predicted molar refractivity (Wildman–Crippen MR) is 67.8 cm³/mol. The number of carbonyl (C=O) groups excluding carboxylic acids is 1. The third-order valence-electron chi connectivity index (χ3n) is 2.84. The van der Waals surface area contributed by atoms with E-state index in [4.69, 9.17) is 0 Å². The minimum atomic E-state index is -1.60. The molecule has 0 bridgehead atoms. The Balaban J connectivity index is 2.23. The number of halogens is 3. The average Bonchev–Trinajstić information content (AvgIpc) is 2.50. The molecule has 1 unspecified atom stereocenters. The smallest absolute Gasteiger partial charge is 0.251 e. The number of hydrogen-bond acceptors (Lipinski definition) is 3. The molecule has 0 aliphatic carbocycles. The van der Waals surface area contributed by atoms with Gasteiger partial charge in [-0.25, -0.2) is 13.2 Å². The van der Waals surface area contributed by atoms with Crippen LogP contribution < -0.4 is 5.32 Å². The lowest BCUT2D eigenvalue weighted by Gasteiger charge is -2.17. The lowest BCUT2D eigenvalue weighted by atomic mass is 10.1. The number of benzene rings is 1. The van der Waals surface area contributed by atoms with Gasteiger partial charge in [-0.05, 0) is 29.8 Å². The molecule has 0 spiro atoms. The van der Waals surface area contributed by atoms with Crippen LogP contribution in [0.4, 0.5) is 13.2 Å². The molecule has 2 rings (SSSR count). The lowest BCUT2D eigenvalue weighted by Crippen LogP contribution is -2.31. The summed E-state index contributed by atoms with van der Waals surface area (Å²) in [5.74, 6) is -4.93. The van der Waals surface area contributed by atoms with E-state index in [1.807, 2.05) is 0 Å². The molecule has 1 heterocycles. The van der Waals surface area contributed by atoms with Crippen molar-refractivity contribution in [1.82, 2.24) is 10.3 Å². The van der Waals surface area contributed by atoms with Crippen molar-refractivity contribution in [1.29, 1.82) is 0 Å². The van der Waals surface area contributed by atoms with Crippen LogP contribution >= 0.6 is 0 Å². The first-order valence-corrected chi connectivity index (χ1v) is 5.99. The number of nitrogens with zero attached hydrogens (tertiary/aromatic N) is 1. The number of aromatic nitrogens is 1. The Morgan fingerprint density at radius 1 is 1.19 bits per heavy atom. The molecular weight excluding hydrogens is 285 g/mol. The number of carbonyl (C=O) groups is 1. The summed E-state index contributed by atoms with van der Waals surface area (Å²) in [6, 6.07) is 3.28. The van der Waals surface area contributed by atoms with E-state index in [1.54, 1.807) is 0 Å². The minimum absolute atomic E-state index is 0.0729. The number of aliphatic hydroxyl groups excluding tert-OH is 1. The van der Waals surface area contributed by atoms with Crippen LogP contribution in [0.2, 0.25) is 0 Å². The van der Waals surface area contributed by atoms with Crippen molar-refractivity contribution in [2.75, 3.05) is 6.61 Å². The summed E-state index contributed by atoms with van der Waals surface area (Å²) in [6.07, 6.45) is 2.81. The van der Waals surface area contributed by atoms with Crippen LogP contribution in [-0.4, -0.2) is 22.6 Å². The highest BCUT2D eigenvalue weighted by atomic mass is 19.2. The number of nitrogens with one attached hydrogen (secondary N) is 1. The highest BCUT2D eigenvalue weighted by Crippen LogP contribution is 2.19. The second-order valence-corrected chi connectivity index (χ2v) is 4.24. The van der Waals surface area contributed by atoms with Gasteiger partial charge in [0, 0.05) is 18.0 Å². The molecule has 0 saturated heterocycles. The van der Waals surface area contributed by atoms with Gasteiger partial charge >= 0.3 is 0 Å². The zero-order valence-electron chi connectivity index (χ0n) is 10.7. The SMILES string of the molecule is O=C(NC(CO)c1cc(F)c(F)c(F)c1)c1ccncc1. The van der Waals surface area contributed by atoms with Gasteiger partial charge in [-0.15, -0.1) is 0 Å². The van der Waals surface area contributed by atoms with E-state index in [0.717, 1.165) is 12.1 Å². The fourth-order valence-electron chi connectivity index (χ4n) is 1.76. The summed E-state index contributed by atoms with van der Waals surface area (Å²) < 4.78 is 39.3. The Morgan fingerprint density at radius 3 is 2.29 bits per heavy atom. The topological polar surface area (TPSA) is 62.2 Å². The molecule has 0 saturated carbocycles. The summed E-state index contributed by atoms with van der Waals surface area (Å²) >= 11 is 0. The Hall–Kier alpha value is -2.41. The first-order valence-electron chi connectivity index (χ1n) is 5.99. The van der Waals surface area contributed by atoms with E-state index in [1.165, 1.54) is 24.5 Å². The number of hydrogen-bond donors (Lipinski definition) is 2. The number of pyridine rings is 1. The molecule has 1 aromatic heterocycles. The fraction of sp³-hybridized carbons (Fsp3) is 0.143. The van der Waals surface area contributed by atoms with E-state index in [2.05, 4.69) is 10.3 Å². The molecule has 0 radical (unpaired) electrons. The normalized spacial score (nSPS) is 12.0. The molecule has 0 fully saturated rings. The van der Waals surface area contributed by atoms with Crippen molar-refractivity contribution in [3.63, 3.8) is 0 Å². The van der Waals surface area contributed by atoms with E-state index >= 15 is 0 Å². The minimum Gasteiger partial charge on any atom is -0.394 e. The highest BCUT2D eigenvalue weighted by molar-refractivity contribution is 5.94. The largest absolute Gasteiger partial charge is 0.394 e. The van der Waals surface area contributed by atoms with Gasteiger partial charge in [0.05, 0.1) is 12.6 Å². The lowest BCUT2D eigenvalue weighted by molar-refractivity contribution is 0.0915. The maximum atomic E-state index is 13.2. The molecule has 0 aliphatic rings. The van der Waals surface area contributed by atoms with Crippen LogP contribution in [0, 0.1) is 17.5 Å². The Labute approximate surface area is 118 Å². The van der Waals surface area contributed by atoms with Crippen LogP contribution in [-0.2, 0) is 0 Å². The first kappa shape index (κ1) is 15.0. The third-order valence-corrected chi connectivity index (χ3v) is 2.84. The Morgan fingerprint density at radius 2 is 1.76 bits per heavy atom. The fourth-order valence-corrected chi connectivity index (χ4v) is 1.76. The van der Waals surface area contributed by atoms with Gasteiger partial charge in [0.1, 0.15) is 0 Å². The van der Waals surface area contributed by atoms with Gasteiger partial charge in [0.2, 0.25) is 0 Å². The molecule has 110 valence electrons. The van der Waals surface area contributed by atoms with Crippen molar-refractivity contribution in [3.05, 3.63) is 65.2 Å². The van der Waals surface area contributed by atoms with Gasteiger partial charge in [0.25, 0.3) is 5.91 Å². The van der Waals surface area contributed by atoms with Crippen LogP contribution in [0.15, 0.2) is 36.7 Å². The van der Waals surface area contributed by atoms with Crippen LogP contribution in [0.3, 0.4) is 0 Å². The Kier molecular flexibility index (Phi) is 4.54. The number of aliphatic hydroxyl groups is 1. The number of amides is 1. The van der Waals surface area contributed by atoms with Gasteiger partial charge in [-0.2, -0.15) is 0 Å². The molecular formula is C14H11F3N2O2. The highest BCUT2D eigenvalue weighted by Gasteiger charge is 2.19. The van der Waals surface area contributed by atoms with Gasteiger partial charge < -0.3 is 10.4 Å². The quantitative estimate of drug-likeness (QED) is 0.848. The van der Waals surface area contributed by atoms with Crippen molar-refractivity contribution >= 4 is 5.91 Å². The van der Waals surface area contributed by atoms with Gasteiger partial charge in [-0.3, -0.25) is 9.78 Å². The standard InChI is InChI=1S/C14H11F3N2O2/c15-10-5-9(6-11(16)13(10)17)12(7-20)19-14(21)8-1-3-18-4-2-8/h1-6,12,20H,7H2,(H,19,21). The zero-order valence-corrected chi connectivity index (χ0v) is 10.7. The van der Waals surface area contributed by atoms with Gasteiger partial charge in [0.15, 0.2) is 17.5 Å². The molecule has 2 aromatic rings. The summed E-state index contributed by atoms with van der Waals surface area (Å²) in [5.41, 5.74) is 0.197. The van der Waals surface area contributed by atoms with Crippen molar-refractivity contribution in [3.8, 4) is 0 Å². The number of rotatable bonds is 4. The average molecular weight is 296 g/mol. The molecule has 1 aromatic carbocycles. The first-order chi connectivity index (χ1) is 10.0. The zero-order chi connectivity index (χ0) is 15.4. The summed E-state index contributed by atoms with van der Waals surface area (Å²) in [4.78, 5) is 15.7. The molecule has 1 amide bonds. The van der Waals surface area contributed by atoms with E-state index < -0.39 is 36.0 Å². The maximum Gasteiger partial charge on any atom is 0.251 e. The molecule has 4 nitrogen and oxygen atoms in total. The second-order valence-electron chi connectivity index (χ2n) is 4.24. The summed E-state index contributed by atoms with van der Waals surface area (Å²) in [5, 5.41) is 11.7. The molecule has 0 aliphatic heterocycles. The Bertz CT molecular complexity index is 627. The second kappa shape index (κ2) is 6.36. The maximum absolute atomic E-state index is 13.2. The third kappa shape index (κ3) is 3.38. The molecule has 1 atom stereocenters. The van der Waals surface area contributed by atoms with Crippen molar-refractivity contribution < 1.29 is 23.1 Å². The molecule has 2 N–H and O–H groups in total. The van der Waals surface area contributed by atoms with Crippen LogP contribution in [0.25, 0.3) is 0 Å².